The van der Waals surface area contributed by atoms with Crippen LogP contribution in [0.3, 0.4) is 0 Å². The maximum Gasteiger partial charge on any atom is 0.254 e. The average molecular weight is 339 g/mol. The van der Waals surface area contributed by atoms with E-state index < -0.39 is 6.04 Å². The van der Waals surface area contributed by atoms with Crippen molar-refractivity contribution >= 4 is 33.4 Å². The quantitative estimate of drug-likeness (QED) is 0.858. The van der Waals surface area contributed by atoms with Crippen LogP contribution in [0.1, 0.15) is 36.1 Å². The minimum Gasteiger partial charge on any atom is -0.341 e. The Morgan fingerprint density at radius 1 is 1.35 bits per heavy atom. The summed E-state index contributed by atoms with van der Waals surface area (Å²) in [7, 11) is 0. The molecule has 0 bridgehead atoms. The van der Waals surface area contributed by atoms with Gasteiger partial charge in [-0.05, 0) is 31.4 Å². The molecule has 1 N–H and O–H groups in total. The number of carbonyl (C=O) groups is 2. The topological polar surface area (TPSA) is 49.4 Å². The van der Waals surface area contributed by atoms with Gasteiger partial charge >= 0.3 is 0 Å². The van der Waals surface area contributed by atoms with Crippen molar-refractivity contribution in [2.24, 2.45) is 0 Å². The van der Waals surface area contributed by atoms with Crippen molar-refractivity contribution in [3.63, 3.8) is 0 Å². The van der Waals surface area contributed by atoms with Gasteiger partial charge in [0.2, 0.25) is 5.91 Å². The second-order valence-corrected chi connectivity index (χ2v) is 5.92. The number of nitrogens with one attached hydrogen (secondary N) is 1. The molecule has 1 aliphatic rings. The molecule has 2 amide bonds. The summed E-state index contributed by atoms with van der Waals surface area (Å²) in [5.41, 5.74) is 4.02. The van der Waals surface area contributed by atoms with E-state index in [9.17, 15) is 9.59 Å². The van der Waals surface area contributed by atoms with Gasteiger partial charge in [0.05, 0.1) is 5.69 Å². The summed E-state index contributed by atoms with van der Waals surface area (Å²) in [4.78, 5) is 25.8. The Labute approximate surface area is 127 Å². The Morgan fingerprint density at radius 2 is 2.00 bits per heavy atom. The molecule has 0 aliphatic carbocycles. The Bertz CT molecular complexity index is 557. The number of carbonyl (C=O) groups excluding carboxylic acids is 2. The van der Waals surface area contributed by atoms with Crippen molar-refractivity contribution in [2.45, 2.75) is 33.2 Å². The molecule has 0 radical (unpaired) electrons. The van der Waals surface area contributed by atoms with Gasteiger partial charge in [-0.2, -0.15) is 0 Å². The van der Waals surface area contributed by atoms with Crippen LogP contribution in [0, 0.1) is 13.8 Å². The zero-order valence-electron chi connectivity index (χ0n) is 12.0. The Hall–Kier alpha value is -1.36. The largest absolute Gasteiger partial charge is 0.341 e. The monoisotopic (exact) mass is 338 g/mol. The van der Waals surface area contributed by atoms with Crippen LogP contribution in [0.15, 0.2) is 12.1 Å². The highest BCUT2D eigenvalue weighted by Gasteiger charge is 2.39. The lowest BCUT2D eigenvalue weighted by Crippen LogP contribution is -2.37. The van der Waals surface area contributed by atoms with Gasteiger partial charge in [-0.3, -0.25) is 9.59 Å². The van der Waals surface area contributed by atoms with Crippen LogP contribution in [0.5, 0.6) is 0 Å². The molecule has 0 fully saturated rings. The van der Waals surface area contributed by atoms with Gasteiger partial charge in [-0.25, -0.2) is 0 Å². The van der Waals surface area contributed by atoms with E-state index in [1.165, 1.54) is 6.92 Å². The molecule has 1 heterocycles. The second-order valence-electron chi connectivity index (χ2n) is 5.13. The fourth-order valence-corrected chi connectivity index (χ4v) is 2.96. The van der Waals surface area contributed by atoms with Gasteiger partial charge in [0, 0.05) is 24.4 Å². The highest BCUT2D eigenvalue weighted by atomic mass is 79.9. The first-order chi connectivity index (χ1) is 9.47. The number of nitrogens with zero attached hydrogens (tertiary/aromatic N) is 1. The molecule has 0 aromatic heterocycles. The first kappa shape index (κ1) is 15.0. The van der Waals surface area contributed by atoms with Crippen LogP contribution in [0.25, 0.3) is 0 Å². The highest BCUT2D eigenvalue weighted by molar-refractivity contribution is 9.09. The van der Waals surface area contributed by atoms with E-state index in [4.69, 9.17) is 0 Å². The number of amides is 2. The number of aryl methyl sites for hydroxylation is 2. The van der Waals surface area contributed by atoms with E-state index >= 15 is 0 Å². The lowest BCUT2D eigenvalue weighted by molar-refractivity contribution is -0.126. The number of alkyl halides is 1. The lowest BCUT2D eigenvalue weighted by atomic mass is 9.99. The standard InChI is InChI=1S/C15H19BrN2O2/c1-9-5-6-10(2)14-12(9)13(17-11(3)19)15(20)18(14)8-4-7-16/h5-6,13H,4,7-8H2,1-3H3,(H,17,19)/t13-/m1/s1. The smallest absolute Gasteiger partial charge is 0.254 e. The normalized spacial score (nSPS) is 17.3. The molecule has 0 saturated heterocycles. The first-order valence-corrected chi connectivity index (χ1v) is 7.84. The number of benzene rings is 1. The molecule has 2 rings (SSSR count). The number of hydrogen-bond donors (Lipinski definition) is 1. The third-order valence-electron chi connectivity index (χ3n) is 3.57. The second kappa shape index (κ2) is 5.95. The van der Waals surface area contributed by atoms with Crippen molar-refractivity contribution in [1.82, 2.24) is 5.32 Å². The number of fused-ring (bicyclic) bond motifs is 1. The van der Waals surface area contributed by atoms with Crippen LogP contribution >= 0.6 is 15.9 Å². The molecule has 1 atom stereocenters. The minimum atomic E-state index is -0.544. The SMILES string of the molecule is CC(=O)N[C@H]1C(=O)N(CCCBr)c2c(C)ccc(C)c21. The molecule has 20 heavy (non-hydrogen) atoms. The molecule has 0 unspecified atom stereocenters. The summed E-state index contributed by atoms with van der Waals surface area (Å²) >= 11 is 3.40. The third-order valence-corrected chi connectivity index (χ3v) is 4.13. The molecule has 0 saturated carbocycles. The van der Waals surface area contributed by atoms with E-state index in [-0.39, 0.29) is 11.8 Å². The van der Waals surface area contributed by atoms with Crippen molar-refractivity contribution in [1.29, 1.82) is 0 Å². The fourth-order valence-electron chi connectivity index (χ4n) is 2.71. The van der Waals surface area contributed by atoms with Crippen LogP contribution in [0.4, 0.5) is 5.69 Å². The van der Waals surface area contributed by atoms with Crippen molar-refractivity contribution in [2.75, 3.05) is 16.8 Å². The molecule has 108 valence electrons. The summed E-state index contributed by atoms with van der Waals surface area (Å²) in [6, 6.07) is 3.49. The van der Waals surface area contributed by atoms with Gasteiger partial charge in [0.1, 0.15) is 6.04 Å². The lowest BCUT2D eigenvalue weighted by Gasteiger charge is -2.19. The maximum atomic E-state index is 12.6. The van der Waals surface area contributed by atoms with Gasteiger partial charge < -0.3 is 10.2 Å². The zero-order valence-corrected chi connectivity index (χ0v) is 13.6. The van der Waals surface area contributed by atoms with E-state index in [1.54, 1.807) is 4.90 Å². The Balaban J connectivity index is 2.49. The van der Waals surface area contributed by atoms with Gasteiger partial charge in [-0.1, -0.05) is 28.1 Å². The molecule has 1 aliphatic heterocycles. The van der Waals surface area contributed by atoms with Crippen molar-refractivity contribution in [3.8, 4) is 0 Å². The summed E-state index contributed by atoms with van der Waals surface area (Å²) in [5.74, 6) is -0.217. The third kappa shape index (κ3) is 2.59. The molecule has 0 spiro atoms. The Kier molecular flexibility index (Phi) is 4.48. The predicted octanol–water partition coefficient (Wildman–Crippen LogP) is 2.61. The predicted molar refractivity (Wildman–Crippen MR) is 83.2 cm³/mol. The van der Waals surface area contributed by atoms with Gasteiger partial charge in [0.15, 0.2) is 0 Å². The Morgan fingerprint density at radius 3 is 2.60 bits per heavy atom. The molecular weight excluding hydrogens is 320 g/mol. The van der Waals surface area contributed by atoms with Crippen LogP contribution in [-0.2, 0) is 9.59 Å². The van der Waals surface area contributed by atoms with E-state index in [1.807, 2.05) is 26.0 Å². The number of rotatable bonds is 4. The van der Waals surface area contributed by atoms with Crippen molar-refractivity contribution < 1.29 is 9.59 Å². The van der Waals surface area contributed by atoms with Crippen LogP contribution < -0.4 is 10.2 Å². The summed E-state index contributed by atoms with van der Waals surface area (Å²) in [6.07, 6.45) is 0.880. The molecular formula is C15H19BrN2O2. The molecule has 5 heteroatoms. The van der Waals surface area contributed by atoms with E-state index in [0.717, 1.165) is 34.1 Å². The van der Waals surface area contributed by atoms with E-state index in [2.05, 4.69) is 21.2 Å². The summed E-state index contributed by atoms with van der Waals surface area (Å²) in [6.45, 7) is 6.09. The zero-order chi connectivity index (χ0) is 14.9. The fraction of sp³-hybridized carbons (Fsp3) is 0.467. The summed E-state index contributed by atoms with van der Waals surface area (Å²) in [5, 5.41) is 3.63. The summed E-state index contributed by atoms with van der Waals surface area (Å²) < 4.78 is 0. The van der Waals surface area contributed by atoms with Crippen LogP contribution in [0.2, 0.25) is 0 Å². The van der Waals surface area contributed by atoms with Crippen molar-refractivity contribution in [3.05, 3.63) is 28.8 Å². The van der Waals surface area contributed by atoms with E-state index in [0.29, 0.717) is 6.54 Å². The molecule has 1 aromatic rings. The van der Waals surface area contributed by atoms with Gasteiger partial charge in [0.25, 0.3) is 5.91 Å². The number of anilines is 1. The minimum absolute atomic E-state index is 0.0337. The first-order valence-electron chi connectivity index (χ1n) is 6.72. The molecule has 1 aromatic carbocycles. The van der Waals surface area contributed by atoms with Crippen LogP contribution in [-0.4, -0.2) is 23.7 Å². The highest BCUT2D eigenvalue weighted by Crippen LogP contribution is 2.40. The van der Waals surface area contributed by atoms with Gasteiger partial charge in [-0.15, -0.1) is 0 Å². The number of hydrogen-bond acceptors (Lipinski definition) is 2. The average Bonchev–Trinajstić information content (AvgIpc) is 2.66. The maximum absolute atomic E-state index is 12.6. The number of halogens is 1. The molecule has 4 nitrogen and oxygen atoms in total.